The Balaban J connectivity index is 1.72. The Bertz CT molecular complexity index is 1070. The number of rotatable bonds is 4. The normalized spacial score (nSPS) is 15.5. The van der Waals surface area contributed by atoms with Crippen LogP contribution in [-0.4, -0.2) is 33.7 Å². The van der Waals surface area contributed by atoms with Crippen LogP contribution in [0.25, 0.3) is 10.8 Å². The highest BCUT2D eigenvalue weighted by molar-refractivity contribution is 6.04. The lowest BCUT2D eigenvalue weighted by molar-refractivity contribution is 0.0700. The zero-order valence-corrected chi connectivity index (χ0v) is 17.6. The molecule has 5 heteroatoms. The van der Waals surface area contributed by atoms with Gasteiger partial charge in [0.25, 0.3) is 11.5 Å². The van der Waals surface area contributed by atoms with Crippen LogP contribution in [0.1, 0.15) is 61.0 Å². The average Bonchev–Trinajstić information content (AvgIpc) is 2.75. The van der Waals surface area contributed by atoms with Crippen LogP contribution in [0, 0.1) is 0 Å². The molecule has 0 unspecified atom stereocenters. The Kier molecular flexibility index (Phi) is 6.26. The van der Waals surface area contributed by atoms with Crippen LogP contribution in [0.15, 0.2) is 59.4 Å². The predicted octanol–water partition coefficient (Wildman–Crippen LogP) is 4.63. The van der Waals surface area contributed by atoms with Gasteiger partial charge in [-0.1, -0.05) is 80.6 Å². The van der Waals surface area contributed by atoms with Gasteiger partial charge in [0.05, 0.1) is 11.9 Å². The monoisotopic (exact) mass is 403 g/mol. The first kappa shape index (κ1) is 20.3. The molecule has 30 heavy (non-hydrogen) atoms. The fraction of sp³-hybridized carbons (Fsp3) is 0.400. The first-order chi connectivity index (χ1) is 14.6. The molecule has 0 aliphatic heterocycles. The molecule has 0 radical (unpaired) electrons. The summed E-state index contributed by atoms with van der Waals surface area (Å²) in [5, 5.41) is 5.74. The second-order valence-corrected chi connectivity index (χ2v) is 8.26. The minimum Gasteiger partial charge on any atom is -0.337 e. The number of amides is 1. The molecular formula is C25H29N3O2. The first-order valence-corrected chi connectivity index (χ1v) is 11.0. The molecule has 1 aliphatic rings. The number of carbonyl (C=O) groups is 1. The molecule has 2 aromatic carbocycles. The van der Waals surface area contributed by atoms with Crippen LogP contribution < -0.4 is 5.56 Å². The van der Waals surface area contributed by atoms with Crippen molar-refractivity contribution in [1.82, 2.24) is 14.7 Å². The minimum absolute atomic E-state index is 0.0985. The second kappa shape index (κ2) is 9.24. The van der Waals surface area contributed by atoms with Gasteiger partial charge in [-0.25, -0.2) is 4.68 Å². The third kappa shape index (κ3) is 4.30. The summed E-state index contributed by atoms with van der Waals surface area (Å²) >= 11 is 0. The number of aromatic nitrogens is 2. The van der Waals surface area contributed by atoms with Gasteiger partial charge in [-0.15, -0.1) is 0 Å². The number of fused-ring (bicyclic) bond motifs is 1. The van der Waals surface area contributed by atoms with E-state index in [1.165, 1.54) is 23.9 Å². The molecule has 0 saturated heterocycles. The molecule has 0 spiro atoms. The van der Waals surface area contributed by atoms with Gasteiger partial charge in [0, 0.05) is 18.5 Å². The number of nitrogens with zero attached hydrogens (tertiary/aromatic N) is 3. The molecule has 1 amide bonds. The fourth-order valence-electron chi connectivity index (χ4n) is 4.41. The number of hydrogen-bond acceptors (Lipinski definition) is 3. The van der Waals surface area contributed by atoms with Crippen molar-refractivity contribution in [3.63, 3.8) is 0 Å². The van der Waals surface area contributed by atoms with Gasteiger partial charge in [0.15, 0.2) is 5.69 Å². The van der Waals surface area contributed by atoms with E-state index in [4.69, 9.17) is 0 Å². The summed E-state index contributed by atoms with van der Waals surface area (Å²) in [7, 11) is 1.89. The Morgan fingerprint density at radius 2 is 1.53 bits per heavy atom. The van der Waals surface area contributed by atoms with Crippen molar-refractivity contribution in [3.8, 4) is 0 Å². The number of benzene rings is 2. The van der Waals surface area contributed by atoms with E-state index in [9.17, 15) is 9.59 Å². The summed E-state index contributed by atoms with van der Waals surface area (Å²) < 4.78 is 1.43. The van der Waals surface area contributed by atoms with Crippen molar-refractivity contribution < 1.29 is 4.79 Å². The Morgan fingerprint density at radius 3 is 2.23 bits per heavy atom. The molecule has 5 nitrogen and oxygen atoms in total. The van der Waals surface area contributed by atoms with Crippen molar-refractivity contribution in [1.29, 1.82) is 0 Å². The highest BCUT2D eigenvalue weighted by Crippen LogP contribution is 2.23. The first-order valence-electron chi connectivity index (χ1n) is 11.0. The standard InChI is InChI=1S/C25H29N3O2/c1-27(20-14-8-3-2-4-9-15-20)25(30)23-21-16-10-11-17-22(21)24(29)28(26-23)18-19-12-6-5-7-13-19/h5-7,10-13,16-17,20H,2-4,8-9,14-15,18H2,1H3. The smallest absolute Gasteiger partial charge is 0.274 e. The summed E-state index contributed by atoms with van der Waals surface area (Å²) in [4.78, 5) is 28.4. The zero-order valence-electron chi connectivity index (χ0n) is 17.6. The lowest BCUT2D eigenvalue weighted by atomic mass is 9.95. The Labute approximate surface area is 177 Å². The summed E-state index contributed by atoms with van der Waals surface area (Å²) in [6.45, 7) is 0.345. The van der Waals surface area contributed by atoms with E-state index in [-0.39, 0.29) is 17.5 Å². The molecule has 3 aromatic rings. The lowest BCUT2D eigenvalue weighted by Crippen LogP contribution is -2.39. The van der Waals surface area contributed by atoms with Crippen molar-refractivity contribution in [2.45, 2.75) is 57.5 Å². The van der Waals surface area contributed by atoms with Gasteiger partial charge in [0.1, 0.15) is 0 Å². The van der Waals surface area contributed by atoms with Crippen LogP contribution >= 0.6 is 0 Å². The molecular weight excluding hydrogens is 374 g/mol. The van der Waals surface area contributed by atoms with Crippen LogP contribution in [-0.2, 0) is 6.54 Å². The molecule has 1 fully saturated rings. The van der Waals surface area contributed by atoms with E-state index < -0.39 is 0 Å². The van der Waals surface area contributed by atoms with Crippen molar-refractivity contribution in [3.05, 3.63) is 76.2 Å². The third-order valence-electron chi connectivity index (χ3n) is 6.19. The molecule has 0 atom stereocenters. The van der Waals surface area contributed by atoms with E-state index in [0.29, 0.717) is 23.0 Å². The van der Waals surface area contributed by atoms with E-state index in [0.717, 1.165) is 31.2 Å². The molecule has 4 rings (SSSR count). The van der Waals surface area contributed by atoms with Gasteiger partial charge < -0.3 is 4.90 Å². The minimum atomic E-state index is -0.167. The van der Waals surface area contributed by atoms with Crippen LogP contribution in [0.2, 0.25) is 0 Å². The van der Waals surface area contributed by atoms with Crippen LogP contribution in [0.4, 0.5) is 0 Å². The predicted molar refractivity (Wildman–Crippen MR) is 120 cm³/mol. The average molecular weight is 404 g/mol. The second-order valence-electron chi connectivity index (χ2n) is 8.26. The molecule has 1 aromatic heterocycles. The van der Waals surface area contributed by atoms with E-state index in [1.807, 2.05) is 60.5 Å². The van der Waals surface area contributed by atoms with Crippen molar-refractivity contribution in [2.24, 2.45) is 0 Å². The highest BCUT2D eigenvalue weighted by Gasteiger charge is 2.25. The summed E-state index contributed by atoms with van der Waals surface area (Å²) in [5.74, 6) is -0.0985. The maximum atomic E-state index is 13.5. The maximum Gasteiger partial charge on any atom is 0.274 e. The zero-order chi connectivity index (χ0) is 20.9. The molecule has 0 bridgehead atoms. The van der Waals surface area contributed by atoms with Gasteiger partial charge in [-0.05, 0) is 24.5 Å². The van der Waals surface area contributed by atoms with E-state index >= 15 is 0 Å². The topological polar surface area (TPSA) is 55.2 Å². The molecule has 1 aliphatic carbocycles. The van der Waals surface area contributed by atoms with Gasteiger partial charge >= 0.3 is 0 Å². The van der Waals surface area contributed by atoms with Crippen LogP contribution in [0.5, 0.6) is 0 Å². The Morgan fingerprint density at radius 1 is 0.933 bits per heavy atom. The highest BCUT2D eigenvalue weighted by atomic mass is 16.2. The van der Waals surface area contributed by atoms with Crippen molar-refractivity contribution in [2.75, 3.05) is 7.05 Å². The van der Waals surface area contributed by atoms with Gasteiger partial charge in [-0.2, -0.15) is 5.10 Å². The quantitative estimate of drug-likeness (QED) is 0.638. The van der Waals surface area contributed by atoms with Crippen molar-refractivity contribution >= 4 is 16.7 Å². The number of carbonyl (C=O) groups excluding carboxylic acids is 1. The van der Waals surface area contributed by atoms with E-state index in [2.05, 4.69) is 5.10 Å². The SMILES string of the molecule is CN(C(=O)c1nn(Cc2ccccc2)c(=O)c2ccccc12)C1CCCCCCC1. The third-order valence-corrected chi connectivity index (χ3v) is 6.19. The largest absolute Gasteiger partial charge is 0.337 e. The van der Waals surface area contributed by atoms with Crippen LogP contribution in [0.3, 0.4) is 0 Å². The van der Waals surface area contributed by atoms with E-state index in [1.54, 1.807) is 6.07 Å². The molecule has 0 N–H and O–H groups in total. The summed E-state index contributed by atoms with van der Waals surface area (Å²) in [5.41, 5.74) is 1.18. The van der Waals surface area contributed by atoms with Gasteiger partial charge in [-0.3, -0.25) is 9.59 Å². The number of hydrogen-bond donors (Lipinski definition) is 0. The fourth-order valence-corrected chi connectivity index (χ4v) is 4.41. The molecule has 1 heterocycles. The Hall–Kier alpha value is -2.95. The summed E-state index contributed by atoms with van der Waals surface area (Å²) in [6, 6.07) is 17.3. The maximum absolute atomic E-state index is 13.5. The summed E-state index contributed by atoms with van der Waals surface area (Å²) in [6.07, 6.45) is 8.14. The molecule has 1 saturated carbocycles. The molecule has 156 valence electrons. The van der Waals surface area contributed by atoms with Gasteiger partial charge in [0.2, 0.25) is 0 Å². The lowest BCUT2D eigenvalue weighted by Gasteiger charge is -2.30.